The molecule has 0 aromatic carbocycles. The number of ether oxygens (including phenoxy) is 3. The van der Waals surface area contributed by atoms with E-state index < -0.39 is 29.9 Å². The maximum absolute atomic E-state index is 12.4. The molecular formula is C19H24O6. The van der Waals surface area contributed by atoms with Crippen molar-refractivity contribution in [3.63, 3.8) is 0 Å². The van der Waals surface area contributed by atoms with Crippen molar-refractivity contribution >= 4 is 11.9 Å². The number of carbonyl (C=O) groups is 2. The van der Waals surface area contributed by atoms with Crippen LogP contribution in [0.5, 0.6) is 0 Å². The van der Waals surface area contributed by atoms with Crippen LogP contribution in [0.1, 0.15) is 26.7 Å². The lowest BCUT2D eigenvalue weighted by Gasteiger charge is -2.29. The van der Waals surface area contributed by atoms with Crippen molar-refractivity contribution in [3.05, 3.63) is 24.3 Å². The normalized spacial score (nSPS) is 48.4. The molecule has 4 fully saturated rings. The lowest BCUT2D eigenvalue weighted by Crippen LogP contribution is -2.40. The fourth-order valence-corrected chi connectivity index (χ4v) is 4.64. The van der Waals surface area contributed by atoms with Crippen LogP contribution in [0, 0.1) is 23.7 Å². The van der Waals surface area contributed by atoms with Crippen LogP contribution >= 0.6 is 0 Å². The number of aliphatic hydroxyl groups is 1. The molecule has 4 aliphatic rings. The minimum Gasteiger partial charge on any atom is -0.461 e. The fourth-order valence-electron chi connectivity index (χ4n) is 4.64. The molecule has 2 saturated heterocycles. The molecule has 6 heteroatoms. The maximum atomic E-state index is 12.4. The van der Waals surface area contributed by atoms with Gasteiger partial charge in [-0.2, -0.15) is 0 Å². The molecular weight excluding hydrogens is 324 g/mol. The first-order chi connectivity index (χ1) is 11.7. The molecule has 136 valence electrons. The van der Waals surface area contributed by atoms with E-state index in [2.05, 4.69) is 13.2 Å². The summed E-state index contributed by atoms with van der Waals surface area (Å²) in [5.74, 6) is -1.52. The summed E-state index contributed by atoms with van der Waals surface area (Å²) < 4.78 is 16.6. The summed E-state index contributed by atoms with van der Waals surface area (Å²) in [5, 5.41) is 10.2. The van der Waals surface area contributed by atoms with Crippen LogP contribution < -0.4 is 0 Å². The van der Waals surface area contributed by atoms with Gasteiger partial charge in [0.1, 0.15) is 12.2 Å². The third-order valence-electron chi connectivity index (χ3n) is 6.39. The topological polar surface area (TPSA) is 85.4 Å². The molecule has 2 aliphatic heterocycles. The highest BCUT2D eigenvalue weighted by Crippen LogP contribution is 2.53. The molecule has 2 heterocycles. The monoisotopic (exact) mass is 348 g/mol. The Morgan fingerprint density at radius 3 is 2.72 bits per heavy atom. The van der Waals surface area contributed by atoms with Crippen LogP contribution in [0.2, 0.25) is 0 Å². The molecule has 6 nitrogen and oxygen atoms in total. The van der Waals surface area contributed by atoms with Gasteiger partial charge in [-0.25, -0.2) is 4.79 Å². The first kappa shape index (κ1) is 16.8. The summed E-state index contributed by atoms with van der Waals surface area (Å²) in [4.78, 5) is 24.6. The van der Waals surface area contributed by atoms with Crippen LogP contribution in [0.25, 0.3) is 0 Å². The zero-order valence-electron chi connectivity index (χ0n) is 14.6. The Balaban J connectivity index is 1.67. The molecule has 0 spiro atoms. The van der Waals surface area contributed by atoms with E-state index in [9.17, 15) is 14.7 Å². The summed E-state index contributed by atoms with van der Waals surface area (Å²) in [7, 11) is 0. The van der Waals surface area contributed by atoms with Gasteiger partial charge in [-0.15, -0.1) is 0 Å². The number of carbonyl (C=O) groups excluding carboxylic acids is 2. The quantitative estimate of drug-likeness (QED) is 0.461. The van der Waals surface area contributed by atoms with Crippen LogP contribution in [0.15, 0.2) is 24.3 Å². The Labute approximate surface area is 146 Å². The zero-order valence-corrected chi connectivity index (χ0v) is 14.6. The first-order valence-electron chi connectivity index (χ1n) is 8.83. The van der Waals surface area contributed by atoms with Crippen molar-refractivity contribution < 1.29 is 28.9 Å². The average molecular weight is 348 g/mol. The van der Waals surface area contributed by atoms with Crippen molar-refractivity contribution in [1.29, 1.82) is 0 Å². The van der Waals surface area contributed by atoms with Gasteiger partial charge in [-0.1, -0.05) is 25.7 Å². The smallest absolute Gasteiger partial charge is 0.340 e. The highest BCUT2D eigenvalue weighted by Gasteiger charge is 2.59. The number of hydrogen-bond donors (Lipinski definition) is 1. The Kier molecular flexibility index (Phi) is 3.64. The molecule has 1 N–H and O–H groups in total. The van der Waals surface area contributed by atoms with E-state index in [4.69, 9.17) is 14.2 Å². The second kappa shape index (κ2) is 5.42. The van der Waals surface area contributed by atoms with Crippen LogP contribution in [-0.2, 0) is 23.8 Å². The standard InChI is InChI=1S/C19H24O6/c1-8-5-13(24-18(22)19(4)7-23-19)15-10(3)17(21)25-16(15)14-9(2)12(20)6-11(8)14/h10-16,20H,1-2,5-7H2,3-4H3. The van der Waals surface area contributed by atoms with E-state index in [0.29, 0.717) is 25.0 Å². The summed E-state index contributed by atoms with van der Waals surface area (Å²) in [6.07, 6.45) is -0.547. The van der Waals surface area contributed by atoms with Crippen LogP contribution in [0.4, 0.5) is 0 Å². The van der Waals surface area contributed by atoms with Gasteiger partial charge in [-0.05, 0) is 24.8 Å². The maximum Gasteiger partial charge on any atom is 0.340 e. The molecule has 25 heavy (non-hydrogen) atoms. The molecule has 0 amide bonds. The number of esters is 2. The van der Waals surface area contributed by atoms with Crippen molar-refractivity contribution in [1.82, 2.24) is 0 Å². The van der Waals surface area contributed by atoms with Gasteiger partial charge in [-0.3, -0.25) is 4.79 Å². The highest BCUT2D eigenvalue weighted by atomic mass is 16.6. The van der Waals surface area contributed by atoms with E-state index in [1.165, 1.54) is 0 Å². The van der Waals surface area contributed by atoms with Gasteiger partial charge >= 0.3 is 11.9 Å². The summed E-state index contributed by atoms with van der Waals surface area (Å²) in [6.45, 7) is 12.1. The van der Waals surface area contributed by atoms with E-state index in [-0.39, 0.29) is 29.6 Å². The SMILES string of the molecule is C=C1CC(OC(=O)C2(C)CO2)C2C(C)C(=O)OC2C2C(=C)C(O)CC12. The third kappa shape index (κ3) is 2.46. The van der Waals surface area contributed by atoms with Gasteiger partial charge in [0, 0.05) is 18.3 Å². The molecule has 8 unspecified atom stereocenters. The average Bonchev–Trinajstić information content (AvgIpc) is 3.17. The van der Waals surface area contributed by atoms with E-state index in [1.54, 1.807) is 13.8 Å². The summed E-state index contributed by atoms with van der Waals surface area (Å²) in [6, 6.07) is 0. The largest absolute Gasteiger partial charge is 0.461 e. The molecule has 0 bridgehead atoms. The minimum absolute atomic E-state index is 0.00966. The van der Waals surface area contributed by atoms with Crippen molar-refractivity contribution in [2.75, 3.05) is 6.61 Å². The number of epoxide rings is 1. The number of hydrogen-bond acceptors (Lipinski definition) is 6. The number of aliphatic hydroxyl groups excluding tert-OH is 1. The van der Waals surface area contributed by atoms with E-state index in [1.807, 2.05) is 0 Å². The Hall–Kier alpha value is -1.66. The summed E-state index contributed by atoms with van der Waals surface area (Å²) >= 11 is 0. The molecule has 8 atom stereocenters. The number of fused-ring (bicyclic) bond motifs is 3. The Bertz CT molecular complexity index is 663. The van der Waals surface area contributed by atoms with Gasteiger partial charge in [0.05, 0.1) is 18.6 Å². The van der Waals surface area contributed by atoms with Crippen molar-refractivity contribution in [3.8, 4) is 0 Å². The molecule has 0 radical (unpaired) electrons. The fraction of sp³-hybridized carbons (Fsp3) is 0.684. The first-order valence-corrected chi connectivity index (χ1v) is 8.83. The number of rotatable bonds is 2. The second-order valence-corrected chi connectivity index (χ2v) is 8.05. The van der Waals surface area contributed by atoms with Crippen molar-refractivity contribution in [2.24, 2.45) is 23.7 Å². The van der Waals surface area contributed by atoms with Gasteiger partial charge in [0.2, 0.25) is 0 Å². The van der Waals surface area contributed by atoms with Crippen LogP contribution in [0.3, 0.4) is 0 Å². The Morgan fingerprint density at radius 2 is 2.08 bits per heavy atom. The highest BCUT2D eigenvalue weighted by molar-refractivity contribution is 5.82. The van der Waals surface area contributed by atoms with Gasteiger partial charge in [0.15, 0.2) is 5.60 Å². The third-order valence-corrected chi connectivity index (χ3v) is 6.39. The predicted molar refractivity (Wildman–Crippen MR) is 87.3 cm³/mol. The minimum atomic E-state index is -0.870. The lowest BCUT2D eigenvalue weighted by molar-refractivity contribution is -0.159. The summed E-state index contributed by atoms with van der Waals surface area (Å²) in [5.41, 5.74) is 0.735. The Morgan fingerprint density at radius 1 is 1.40 bits per heavy atom. The van der Waals surface area contributed by atoms with E-state index in [0.717, 1.165) is 5.57 Å². The molecule has 2 saturated carbocycles. The second-order valence-electron chi connectivity index (χ2n) is 8.05. The van der Waals surface area contributed by atoms with Crippen molar-refractivity contribution in [2.45, 2.75) is 50.6 Å². The zero-order chi connectivity index (χ0) is 18.1. The van der Waals surface area contributed by atoms with Gasteiger partial charge in [0.25, 0.3) is 0 Å². The van der Waals surface area contributed by atoms with E-state index >= 15 is 0 Å². The predicted octanol–water partition coefficient (Wildman–Crippen LogP) is 1.38. The molecule has 0 aromatic heterocycles. The van der Waals surface area contributed by atoms with Gasteiger partial charge < -0.3 is 19.3 Å². The molecule has 4 rings (SSSR count). The lowest BCUT2D eigenvalue weighted by atomic mass is 9.79. The molecule has 0 aromatic rings. The van der Waals surface area contributed by atoms with Crippen LogP contribution in [-0.4, -0.2) is 47.6 Å². The molecule has 2 aliphatic carbocycles.